The van der Waals surface area contributed by atoms with Crippen molar-refractivity contribution in [1.82, 2.24) is 0 Å². The summed E-state index contributed by atoms with van der Waals surface area (Å²) in [5.41, 5.74) is 7.01. The van der Waals surface area contributed by atoms with Crippen molar-refractivity contribution in [2.45, 2.75) is 6.92 Å². The van der Waals surface area contributed by atoms with Gasteiger partial charge in [0, 0.05) is 0 Å². The molecule has 0 aliphatic heterocycles. The van der Waals surface area contributed by atoms with Crippen LogP contribution < -0.4 is 0 Å². The molecule has 0 N–H and O–H groups in total. The molecule has 0 radical (unpaired) electrons. The second kappa shape index (κ2) is 2.23. The molecule has 0 saturated carbocycles. The number of aryl methyl sites for hydroxylation is 1. The second-order valence-corrected chi connectivity index (χ2v) is 3.58. The summed E-state index contributed by atoms with van der Waals surface area (Å²) in [6.45, 7) is 2.16. The molecule has 2 aliphatic carbocycles. The predicted octanol–water partition coefficient (Wildman–Crippen LogP) is 3.64. The quantitative estimate of drug-likeness (QED) is 0.517. The molecule has 1 aromatic rings. The molecule has 2 aliphatic rings. The van der Waals surface area contributed by atoms with Gasteiger partial charge in [-0.2, -0.15) is 0 Å². The van der Waals surface area contributed by atoms with E-state index in [1.54, 1.807) is 0 Å². The molecule has 0 fully saturated rings. The van der Waals surface area contributed by atoms with Gasteiger partial charge in [-0.3, -0.25) is 0 Å². The third-order valence-corrected chi connectivity index (χ3v) is 2.77. The molecule has 1 aromatic carbocycles. The van der Waals surface area contributed by atoms with Crippen LogP contribution in [0.15, 0.2) is 42.5 Å². The summed E-state index contributed by atoms with van der Waals surface area (Å²) in [6.07, 6.45) is 0. The molecule has 0 saturated heterocycles. The Bertz CT molecular complexity index is 481. The fourth-order valence-corrected chi connectivity index (χ4v) is 1.89. The number of benzene rings is 2. The van der Waals surface area contributed by atoms with Crippen LogP contribution in [-0.4, -0.2) is 0 Å². The number of hydrogen-bond acceptors (Lipinski definition) is 0. The van der Waals surface area contributed by atoms with Gasteiger partial charge in [0.15, 0.2) is 0 Å². The Morgan fingerprint density at radius 3 is 2.15 bits per heavy atom. The first-order chi connectivity index (χ1) is 6.36. The molecule has 0 heteroatoms. The Hall–Kier alpha value is -1.56. The highest BCUT2D eigenvalue weighted by Crippen LogP contribution is 2.44. The van der Waals surface area contributed by atoms with Crippen molar-refractivity contribution >= 4 is 0 Å². The lowest BCUT2D eigenvalue weighted by molar-refractivity contribution is 1.43. The van der Waals surface area contributed by atoms with Gasteiger partial charge in [-0.25, -0.2) is 0 Å². The molecule has 3 rings (SSSR count). The van der Waals surface area contributed by atoms with E-state index in [-0.39, 0.29) is 0 Å². The van der Waals surface area contributed by atoms with Gasteiger partial charge in [0.05, 0.1) is 0 Å². The minimum absolute atomic E-state index is 1.36. The summed E-state index contributed by atoms with van der Waals surface area (Å²) in [5.74, 6) is 0. The van der Waals surface area contributed by atoms with E-state index in [1.807, 2.05) is 0 Å². The molecular formula is C13H10. The molecular weight excluding hydrogens is 156 g/mol. The van der Waals surface area contributed by atoms with Crippen LogP contribution in [-0.2, 0) is 0 Å². The van der Waals surface area contributed by atoms with Gasteiger partial charge in [0.2, 0.25) is 0 Å². The van der Waals surface area contributed by atoms with Gasteiger partial charge in [0.1, 0.15) is 0 Å². The first-order valence-electron chi connectivity index (χ1n) is 4.57. The Balaban J connectivity index is 2.19. The normalized spacial score (nSPS) is 11.5. The summed E-state index contributed by atoms with van der Waals surface area (Å²) in [5, 5.41) is 0. The van der Waals surface area contributed by atoms with Gasteiger partial charge in [-0.05, 0) is 40.8 Å². The van der Waals surface area contributed by atoms with Crippen molar-refractivity contribution in [2.24, 2.45) is 0 Å². The minimum Gasteiger partial charge on any atom is -0.0620 e. The van der Waals surface area contributed by atoms with Crippen LogP contribution in [0.25, 0.3) is 22.3 Å². The lowest BCUT2D eigenvalue weighted by Crippen LogP contribution is -1.96. The van der Waals surface area contributed by atoms with Gasteiger partial charge >= 0.3 is 0 Å². The van der Waals surface area contributed by atoms with Gasteiger partial charge < -0.3 is 0 Å². The maximum absolute atomic E-state index is 2.26. The average Bonchev–Trinajstić information content (AvgIpc) is 2.11. The fraction of sp³-hybridized carbons (Fsp3) is 0.0769. The van der Waals surface area contributed by atoms with E-state index in [0.717, 1.165) is 0 Å². The summed E-state index contributed by atoms with van der Waals surface area (Å²) >= 11 is 0. The predicted molar refractivity (Wildman–Crippen MR) is 55.6 cm³/mol. The fourth-order valence-electron chi connectivity index (χ4n) is 1.89. The Morgan fingerprint density at radius 2 is 1.62 bits per heavy atom. The molecule has 13 heavy (non-hydrogen) atoms. The van der Waals surface area contributed by atoms with Crippen LogP contribution in [0.4, 0.5) is 0 Å². The van der Waals surface area contributed by atoms with E-state index in [9.17, 15) is 0 Å². The molecule has 0 spiro atoms. The highest BCUT2D eigenvalue weighted by molar-refractivity contribution is 5.96. The van der Waals surface area contributed by atoms with Crippen molar-refractivity contribution in [3.8, 4) is 22.3 Å². The molecule has 62 valence electrons. The highest BCUT2D eigenvalue weighted by atomic mass is 14.2. The Morgan fingerprint density at radius 1 is 0.769 bits per heavy atom. The van der Waals surface area contributed by atoms with E-state index in [0.29, 0.717) is 0 Å². The maximum Gasteiger partial charge on any atom is -0.00966 e. The van der Waals surface area contributed by atoms with E-state index < -0.39 is 0 Å². The summed E-state index contributed by atoms with van der Waals surface area (Å²) in [6, 6.07) is 15.2. The average molecular weight is 166 g/mol. The van der Waals surface area contributed by atoms with Crippen molar-refractivity contribution < 1.29 is 0 Å². The van der Waals surface area contributed by atoms with Crippen LogP contribution in [0.1, 0.15) is 5.56 Å². The van der Waals surface area contributed by atoms with Crippen LogP contribution in [0.2, 0.25) is 0 Å². The summed E-state index contributed by atoms with van der Waals surface area (Å²) < 4.78 is 0. The second-order valence-electron chi connectivity index (χ2n) is 3.58. The van der Waals surface area contributed by atoms with Crippen LogP contribution >= 0.6 is 0 Å². The molecule has 0 nitrogen and oxygen atoms in total. The van der Waals surface area contributed by atoms with E-state index >= 15 is 0 Å². The van der Waals surface area contributed by atoms with Gasteiger partial charge in [-0.15, -0.1) is 0 Å². The first kappa shape index (κ1) is 6.90. The topological polar surface area (TPSA) is 0 Å². The van der Waals surface area contributed by atoms with Crippen molar-refractivity contribution in [2.75, 3.05) is 0 Å². The van der Waals surface area contributed by atoms with Crippen LogP contribution in [0.3, 0.4) is 0 Å². The monoisotopic (exact) mass is 166 g/mol. The smallest absolute Gasteiger partial charge is 0.00966 e. The van der Waals surface area contributed by atoms with Crippen molar-refractivity contribution in [1.29, 1.82) is 0 Å². The zero-order valence-electron chi connectivity index (χ0n) is 7.54. The summed E-state index contributed by atoms with van der Waals surface area (Å²) in [4.78, 5) is 0. The lowest BCUT2D eigenvalue weighted by atomic mass is 9.82. The highest BCUT2D eigenvalue weighted by Gasteiger charge is 2.18. The maximum atomic E-state index is 2.26. The number of rotatable bonds is 1. The third-order valence-electron chi connectivity index (χ3n) is 2.77. The van der Waals surface area contributed by atoms with Gasteiger partial charge in [-0.1, -0.05) is 36.4 Å². The lowest BCUT2D eigenvalue weighted by Gasteiger charge is -2.22. The molecule has 0 amide bonds. The van der Waals surface area contributed by atoms with Crippen LogP contribution in [0.5, 0.6) is 0 Å². The molecule has 0 heterocycles. The number of hydrogen-bond donors (Lipinski definition) is 0. The van der Waals surface area contributed by atoms with Crippen molar-refractivity contribution in [3.05, 3.63) is 48.0 Å². The standard InChI is InChI=1S/C13H10/c1-9-4-2-3-5-11(9)13-8-10-6-7-12(10)13/h2-8H,1H3. The molecule has 0 atom stereocenters. The SMILES string of the molecule is Cc1ccccc1-c1cc2ccc1-2. The van der Waals surface area contributed by atoms with E-state index in [4.69, 9.17) is 0 Å². The molecule has 0 bridgehead atoms. The minimum atomic E-state index is 1.36. The van der Waals surface area contributed by atoms with Crippen LogP contribution in [0, 0.1) is 6.92 Å². The van der Waals surface area contributed by atoms with Crippen molar-refractivity contribution in [3.63, 3.8) is 0 Å². The largest absolute Gasteiger partial charge is 0.0620 e. The molecule has 0 aromatic heterocycles. The summed E-state index contributed by atoms with van der Waals surface area (Å²) in [7, 11) is 0. The zero-order valence-corrected chi connectivity index (χ0v) is 7.54. The zero-order chi connectivity index (χ0) is 8.84. The van der Waals surface area contributed by atoms with Gasteiger partial charge in [0.25, 0.3) is 0 Å². The third kappa shape index (κ3) is 0.803. The van der Waals surface area contributed by atoms with E-state index in [2.05, 4.69) is 49.4 Å². The first-order valence-corrected chi connectivity index (χ1v) is 4.57. The molecule has 0 unspecified atom stereocenters. The number of fused-ring (bicyclic) bond motifs is 1. The Kier molecular flexibility index (Phi) is 1.18. The van der Waals surface area contributed by atoms with E-state index in [1.165, 1.54) is 27.8 Å². The Labute approximate surface area is 77.8 Å².